The Labute approximate surface area is 170 Å². The summed E-state index contributed by atoms with van der Waals surface area (Å²) < 4.78 is 0. The minimum Gasteiger partial charge on any atom is -0.343 e. The highest BCUT2D eigenvalue weighted by atomic mass is 35.5. The van der Waals surface area contributed by atoms with Gasteiger partial charge in [0, 0.05) is 12.0 Å². The van der Waals surface area contributed by atoms with Crippen LogP contribution in [0, 0.1) is 5.41 Å². The molecule has 1 aliphatic rings. The summed E-state index contributed by atoms with van der Waals surface area (Å²) in [5, 5.41) is 6.10. The lowest BCUT2D eigenvalue weighted by Gasteiger charge is -2.26. The van der Waals surface area contributed by atoms with E-state index in [1.807, 2.05) is 13.8 Å². The first-order valence-electron chi connectivity index (χ1n) is 8.21. The molecule has 0 spiro atoms. The number of aromatic nitrogens is 1. The van der Waals surface area contributed by atoms with Crippen molar-refractivity contribution in [3.05, 3.63) is 44.4 Å². The SMILES string of the molecule is CC1(C)CC(=O)c2sc(NC(=O)CNC(=O)c3ccc(Cl)c(Cl)c3)nc2C1. The summed E-state index contributed by atoms with van der Waals surface area (Å²) in [6.45, 7) is 3.80. The van der Waals surface area contributed by atoms with Gasteiger partial charge < -0.3 is 10.6 Å². The molecular formula is C18H17Cl2N3O3S. The van der Waals surface area contributed by atoms with Gasteiger partial charge in [-0.3, -0.25) is 14.4 Å². The van der Waals surface area contributed by atoms with Crippen molar-refractivity contribution in [3.8, 4) is 0 Å². The molecule has 0 unspecified atom stereocenters. The largest absolute Gasteiger partial charge is 0.343 e. The molecule has 0 radical (unpaired) electrons. The zero-order chi connectivity index (χ0) is 19.8. The Balaban J connectivity index is 1.59. The van der Waals surface area contributed by atoms with Crippen LogP contribution in [0.15, 0.2) is 18.2 Å². The number of anilines is 1. The summed E-state index contributed by atoms with van der Waals surface area (Å²) in [5.74, 6) is -0.826. The molecule has 1 aliphatic carbocycles. The number of hydrogen-bond acceptors (Lipinski definition) is 5. The van der Waals surface area contributed by atoms with E-state index in [1.54, 1.807) is 0 Å². The van der Waals surface area contributed by atoms with Crippen LogP contribution in [0.4, 0.5) is 5.13 Å². The van der Waals surface area contributed by atoms with Gasteiger partial charge in [0.2, 0.25) is 5.91 Å². The van der Waals surface area contributed by atoms with E-state index in [0.717, 1.165) is 5.69 Å². The maximum absolute atomic E-state index is 12.2. The number of carbonyl (C=O) groups excluding carboxylic acids is 3. The second-order valence-electron chi connectivity index (χ2n) is 7.10. The lowest BCUT2D eigenvalue weighted by molar-refractivity contribution is -0.115. The summed E-state index contributed by atoms with van der Waals surface area (Å²) in [6, 6.07) is 4.46. The van der Waals surface area contributed by atoms with Gasteiger partial charge >= 0.3 is 0 Å². The van der Waals surface area contributed by atoms with Crippen LogP contribution in [0.25, 0.3) is 0 Å². The molecule has 6 nitrogen and oxygen atoms in total. The number of hydrogen-bond donors (Lipinski definition) is 2. The molecule has 2 aromatic rings. The van der Waals surface area contributed by atoms with Gasteiger partial charge in [-0.1, -0.05) is 48.4 Å². The molecule has 0 saturated heterocycles. The minimum absolute atomic E-state index is 0.0483. The summed E-state index contributed by atoms with van der Waals surface area (Å²) in [4.78, 5) is 41.4. The fourth-order valence-electron chi connectivity index (χ4n) is 2.84. The quantitative estimate of drug-likeness (QED) is 0.775. The summed E-state index contributed by atoms with van der Waals surface area (Å²) >= 11 is 12.9. The number of nitrogens with one attached hydrogen (secondary N) is 2. The second-order valence-corrected chi connectivity index (χ2v) is 8.91. The number of amides is 2. The van der Waals surface area contributed by atoms with Gasteiger partial charge in [0.15, 0.2) is 10.9 Å². The van der Waals surface area contributed by atoms with Crippen LogP contribution >= 0.6 is 34.5 Å². The van der Waals surface area contributed by atoms with Crippen LogP contribution in [0.3, 0.4) is 0 Å². The second kappa shape index (κ2) is 7.58. The van der Waals surface area contributed by atoms with Gasteiger partial charge in [0.25, 0.3) is 5.91 Å². The van der Waals surface area contributed by atoms with E-state index in [4.69, 9.17) is 23.2 Å². The molecule has 0 fully saturated rings. The number of ketones is 1. The number of halogens is 2. The highest BCUT2D eigenvalue weighted by Crippen LogP contribution is 2.38. The Kier molecular flexibility index (Phi) is 5.55. The predicted molar refractivity (Wildman–Crippen MR) is 106 cm³/mol. The van der Waals surface area contributed by atoms with Gasteiger partial charge in [0.1, 0.15) is 0 Å². The molecule has 0 bridgehead atoms. The van der Waals surface area contributed by atoms with Crippen LogP contribution in [0.5, 0.6) is 0 Å². The van der Waals surface area contributed by atoms with E-state index in [1.165, 1.54) is 29.5 Å². The summed E-state index contributed by atoms with van der Waals surface area (Å²) in [5.41, 5.74) is 0.888. The third kappa shape index (κ3) is 4.66. The normalized spacial score (nSPS) is 15.2. The van der Waals surface area contributed by atoms with Gasteiger partial charge in [-0.2, -0.15) is 0 Å². The number of benzene rings is 1. The van der Waals surface area contributed by atoms with Crippen molar-refractivity contribution in [1.29, 1.82) is 0 Å². The Bertz CT molecular complexity index is 940. The molecule has 0 atom stereocenters. The molecule has 3 rings (SSSR count). The molecule has 142 valence electrons. The van der Waals surface area contributed by atoms with Crippen LogP contribution in [0.2, 0.25) is 10.0 Å². The third-order valence-electron chi connectivity index (χ3n) is 4.07. The van der Waals surface area contributed by atoms with E-state index in [0.29, 0.717) is 33.4 Å². The molecule has 0 aliphatic heterocycles. The van der Waals surface area contributed by atoms with E-state index < -0.39 is 11.8 Å². The number of rotatable bonds is 4. The molecule has 27 heavy (non-hydrogen) atoms. The highest BCUT2D eigenvalue weighted by molar-refractivity contribution is 7.17. The Morgan fingerprint density at radius 3 is 2.67 bits per heavy atom. The zero-order valence-corrected chi connectivity index (χ0v) is 17.0. The van der Waals surface area contributed by atoms with Crippen LogP contribution in [0.1, 0.15) is 46.0 Å². The standard InChI is InChI=1S/C18H17Cl2N3O3S/c1-18(2)6-12-15(13(24)7-18)27-17(22-12)23-14(25)8-21-16(26)9-3-4-10(19)11(20)5-9/h3-5H,6-8H2,1-2H3,(H,21,26)(H,22,23,25). The third-order valence-corrected chi connectivity index (χ3v) is 5.87. The van der Waals surface area contributed by atoms with Gasteiger partial charge in [-0.05, 0) is 30.0 Å². The van der Waals surface area contributed by atoms with E-state index in [2.05, 4.69) is 15.6 Å². The number of fused-ring (bicyclic) bond motifs is 1. The average molecular weight is 426 g/mol. The molecule has 1 aromatic carbocycles. The fourth-order valence-corrected chi connectivity index (χ4v) is 4.07. The topological polar surface area (TPSA) is 88.2 Å². The number of nitrogens with zero attached hydrogens (tertiary/aromatic N) is 1. The van der Waals surface area contributed by atoms with Crippen LogP contribution in [-0.4, -0.2) is 29.1 Å². The Hall–Kier alpha value is -1.96. The lowest BCUT2D eigenvalue weighted by atomic mass is 9.78. The number of thiazole rings is 1. The Morgan fingerprint density at radius 2 is 1.96 bits per heavy atom. The van der Waals surface area contributed by atoms with Crippen molar-refractivity contribution in [2.24, 2.45) is 5.41 Å². The Morgan fingerprint density at radius 1 is 1.22 bits per heavy atom. The summed E-state index contributed by atoms with van der Waals surface area (Å²) in [6.07, 6.45) is 1.16. The highest BCUT2D eigenvalue weighted by Gasteiger charge is 2.34. The molecule has 2 amide bonds. The first-order chi connectivity index (χ1) is 12.6. The van der Waals surface area contributed by atoms with Crippen molar-refractivity contribution >= 4 is 57.3 Å². The van der Waals surface area contributed by atoms with Crippen molar-refractivity contribution in [2.75, 3.05) is 11.9 Å². The van der Waals surface area contributed by atoms with Gasteiger partial charge in [0.05, 0.1) is 27.2 Å². The smallest absolute Gasteiger partial charge is 0.251 e. The molecule has 9 heteroatoms. The monoisotopic (exact) mass is 425 g/mol. The summed E-state index contributed by atoms with van der Waals surface area (Å²) in [7, 11) is 0. The predicted octanol–water partition coefficient (Wildman–Crippen LogP) is 3.97. The van der Waals surface area contributed by atoms with E-state index >= 15 is 0 Å². The fraction of sp³-hybridized carbons (Fsp3) is 0.333. The van der Waals surface area contributed by atoms with Crippen molar-refractivity contribution in [1.82, 2.24) is 10.3 Å². The van der Waals surface area contributed by atoms with Crippen LogP contribution in [-0.2, 0) is 11.2 Å². The molecular weight excluding hydrogens is 409 g/mol. The number of carbonyl (C=O) groups is 3. The van der Waals surface area contributed by atoms with Crippen molar-refractivity contribution in [2.45, 2.75) is 26.7 Å². The molecule has 1 aromatic heterocycles. The lowest BCUT2D eigenvalue weighted by Crippen LogP contribution is -2.32. The zero-order valence-electron chi connectivity index (χ0n) is 14.7. The van der Waals surface area contributed by atoms with Gasteiger partial charge in [-0.25, -0.2) is 4.98 Å². The molecule has 0 saturated carbocycles. The maximum Gasteiger partial charge on any atom is 0.251 e. The van der Waals surface area contributed by atoms with Gasteiger partial charge in [-0.15, -0.1) is 0 Å². The molecule has 2 N–H and O–H groups in total. The first kappa shape index (κ1) is 19.8. The van der Waals surface area contributed by atoms with Crippen LogP contribution < -0.4 is 10.6 Å². The maximum atomic E-state index is 12.2. The van der Waals surface area contributed by atoms with E-state index in [-0.39, 0.29) is 22.8 Å². The minimum atomic E-state index is -0.445. The van der Waals surface area contributed by atoms with Crippen molar-refractivity contribution in [3.63, 3.8) is 0 Å². The number of Topliss-reactive ketones (excluding diaryl/α,β-unsaturated/α-hetero) is 1. The molecule has 1 heterocycles. The van der Waals surface area contributed by atoms with Crippen molar-refractivity contribution < 1.29 is 14.4 Å². The average Bonchev–Trinajstić information content (AvgIpc) is 2.96. The van der Waals surface area contributed by atoms with E-state index in [9.17, 15) is 14.4 Å². The first-order valence-corrected chi connectivity index (χ1v) is 9.78.